The highest BCUT2D eigenvalue weighted by Crippen LogP contribution is 2.25. The van der Waals surface area contributed by atoms with Gasteiger partial charge in [-0.15, -0.1) is 0 Å². The molecule has 1 aromatic heterocycles. The summed E-state index contributed by atoms with van der Waals surface area (Å²) in [4.78, 5) is 19.8. The summed E-state index contributed by atoms with van der Waals surface area (Å²) in [5, 5.41) is 3.72. The molecule has 0 spiro atoms. The molecule has 1 N–H and O–H groups in total. The second-order valence-electron chi connectivity index (χ2n) is 7.62. The monoisotopic (exact) mass is 423 g/mol. The summed E-state index contributed by atoms with van der Waals surface area (Å²) in [5.74, 6) is 0.220. The maximum atomic E-state index is 13.6. The van der Waals surface area contributed by atoms with Gasteiger partial charge in [-0.05, 0) is 42.8 Å². The minimum absolute atomic E-state index is 0.00500. The van der Waals surface area contributed by atoms with Crippen molar-refractivity contribution in [3.05, 3.63) is 71.2 Å². The predicted molar refractivity (Wildman–Crippen MR) is 117 cm³/mol. The fourth-order valence-electron chi connectivity index (χ4n) is 3.98. The molecule has 7 heteroatoms. The number of nitrogens with zero attached hydrogens (tertiary/aromatic N) is 2. The number of hydrogen-bond acceptors (Lipinski definition) is 5. The van der Waals surface area contributed by atoms with Crippen molar-refractivity contribution in [1.82, 2.24) is 15.2 Å². The lowest BCUT2D eigenvalue weighted by Gasteiger charge is -2.35. The van der Waals surface area contributed by atoms with E-state index in [-0.39, 0.29) is 17.8 Å². The van der Waals surface area contributed by atoms with Crippen molar-refractivity contribution >= 4 is 16.8 Å². The van der Waals surface area contributed by atoms with Crippen molar-refractivity contribution in [3.63, 3.8) is 0 Å². The molecule has 0 saturated carbocycles. The van der Waals surface area contributed by atoms with Crippen LogP contribution in [0.2, 0.25) is 0 Å². The van der Waals surface area contributed by atoms with Crippen molar-refractivity contribution in [2.75, 3.05) is 40.0 Å². The summed E-state index contributed by atoms with van der Waals surface area (Å²) < 4.78 is 24.4. The van der Waals surface area contributed by atoms with E-state index in [1.807, 2.05) is 24.3 Å². The number of benzene rings is 2. The third-order valence-corrected chi connectivity index (χ3v) is 5.59. The third kappa shape index (κ3) is 4.84. The van der Waals surface area contributed by atoms with E-state index in [4.69, 9.17) is 9.47 Å². The Morgan fingerprint density at radius 2 is 1.94 bits per heavy atom. The van der Waals surface area contributed by atoms with Gasteiger partial charge < -0.3 is 14.8 Å². The highest BCUT2D eigenvalue weighted by atomic mass is 19.1. The second kappa shape index (κ2) is 9.41. The molecule has 1 atom stereocenters. The molecule has 2 heterocycles. The zero-order valence-electron chi connectivity index (χ0n) is 17.7. The van der Waals surface area contributed by atoms with Crippen LogP contribution in [0.15, 0.2) is 48.5 Å². The largest absolute Gasteiger partial charge is 0.497 e. The van der Waals surface area contributed by atoms with Gasteiger partial charge >= 0.3 is 0 Å². The van der Waals surface area contributed by atoms with Crippen molar-refractivity contribution in [1.29, 1.82) is 0 Å². The van der Waals surface area contributed by atoms with Gasteiger partial charge in [0, 0.05) is 36.8 Å². The highest BCUT2D eigenvalue weighted by Gasteiger charge is 2.24. The quantitative estimate of drug-likeness (QED) is 0.658. The van der Waals surface area contributed by atoms with Gasteiger partial charge in [0.1, 0.15) is 11.6 Å². The Kier molecular flexibility index (Phi) is 6.44. The van der Waals surface area contributed by atoms with E-state index in [9.17, 15) is 9.18 Å². The maximum absolute atomic E-state index is 13.6. The molecule has 0 radical (unpaired) electrons. The molecule has 1 fully saturated rings. The zero-order chi connectivity index (χ0) is 21.8. The van der Waals surface area contributed by atoms with E-state index in [0.29, 0.717) is 41.9 Å². The number of aromatic nitrogens is 1. The number of carbonyl (C=O) groups excluding carboxylic acids is 1. The third-order valence-electron chi connectivity index (χ3n) is 5.59. The highest BCUT2D eigenvalue weighted by molar-refractivity contribution is 6.06. The average Bonchev–Trinajstić information content (AvgIpc) is 2.79. The van der Waals surface area contributed by atoms with Gasteiger partial charge in [-0.3, -0.25) is 14.7 Å². The van der Waals surface area contributed by atoms with Crippen LogP contribution in [0, 0.1) is 12.7 Å². The Hall–Kier alpha value is -3.03. The van der Waals surface area contributed by atoms with Crippen molar-refractivity contribution in [2.45, 2.75) is 13.0 Å². The number of pyridine rings is 1. The standard InChI is InChI=1S/C24H26FN3O3/c1-16-13-21(20-8-5-18(25)14-22(20)27-16)24(29)26-15-23(28-9-11-31-12-10-28)17-3-6-19(30-2)7-4-17/h3-8,13-14,23H,9-12,15H2,1-2H3,(H,26,29). The van der Waals surface area contributed by atoms with Crippen LogP contribution in [0.25, 0.3) is 10.9 Å². The molecular formula is C24H26FN3O3. The molecule has 31 heavy (non-hydrogen) atoms. The lowest BCUT2D eigenvalue weighted by atomic mass is 10.0. The first kappa shape index (κ1) is 21.2. The normalized spacial score (nSPS) is 15.6. The molecule has 2 aromatic carbocycles. The first-order valence-electron chi connectivity index (χ1n) is 10.4. The summed E-state index contributed by atoms with van der Waals surface area (Å²) in [7, 11) is 1.64. The number of aryl methyl sites for hydroxylation is 1. The minimum Gasteiger partial charge on any atom is -0.497 e. The number of halogens is 1. The summed E-state index contributed by atoms with van der Waals surface area (Å²) in [6, 6.07) is 14.0. The molecule has 1 unspecified atom stereocenters. The second-order valence-corrected chi connectivity index (χ2v) is 7.62. The molecule has 1 aliphatic rings. The van der Waals surface area contributed by atoms with Gasteiger partial charge in [-0.1, -0.05) is 12.1 Å². The molecule has 6 nitrogen and oxygen atoms in total. The Labute approximate surface area is 181 Å². The van der Waals surface area contributed by atoms with Crippen LogP contribution >= 0.6 is 0 Å². The number of methoxy groups -OCH3 is 1. The lowest BCUT2D eigenvalue weighted by molar-refractivity contribution is 0.0162. The molecular weight excluding hydrogens is 397 g/mol. The van der Waals surface area contributed by atoms with Gasteiger partial charge in [-0.2, -0.15) is 0 Å². The number of rotatable bonds is 6. The molecule has 4 rings (SSSR count). The lowest BCUT2D eigenvalue weighted by Crippen LogP contribution is -2.43. The van der Waals surface area contributed by atoms with Crippen LogP contribution in [0.5, 0.6) is 5.75 Å². The average molecular weight is 423 g/mol. The Morgan fingerprint density at radius 1 is 1.19 bits per heavy atom. The maximum Gasteiger partial charge on any atom is 0.252 e. The number of nitrogens with one attached hydrogen (secondary N) is 1. The first-order chi connectivity index (χ1) is 15.0. The minimum atomic E-state index is -0.371. The fraction of sp³-hybridized carbons (Fsp3) is 0.333. The molecule has 0 bridgehead atoms. The van der Waals surface area contributed by atoms with E-state index in [2.05, 4.69) is 15.2 Å². The van der Waals surface area contributed by atoms with Gasteiger partial charge in [0.25, 0.3) is 5.91 Å². The van der Waals surface area contributed by atoms with E-state index < -0.39 is 0 Å². The molecule has 0 aliphatic carbocycles. The molecule has 1 saturated heterocycles. The van der Waals surface area contributed by atoms with E-state index in [1.165, 1.54) is 12.1 Å². The van der Waals surface area contributed by atoms with Gasteiger partial charge in [0.15, 0.2) is 0 Å². The number of carbonyl (C=O) groups is 1. The molecule has 3 aromatic rings. The zero-order valence-corrected chi connectivity index (χ0v) is 17.7. The van der Waals surface area contributed by atoms with Crippen LogP contribution in [0.3, 0.4) is 0 Å². The van der Waals surface area contributed by atoms with Crippen LogP contribution in [0.4, 0.5) is 4.39 Å². The summed E-state index contributed by atoms with van der Waals surface area (Å²) in [6.45, 7) is 5.16. The van der Waals surface area contributed by atoms with Crippen molar-refractivity contribution < 1.29 is 18.7 Å². The van der Waals surface area contributed by atoms with Crippen molar-refractivity contribution in [2.24, 2.45) is 0 Å². The number of amides is 1. The van der Waals surface area contributed by atoms with E-state index in [1.54, 1.807) is 26.2 Å². The number of hydrogen-bond donors (Lipinski definition) is 1. The Morgan fingerprint density at radius 3 is 2.65 bits per heavy atom. The number of fused-ring (bicyclic) bond motifs is 1. The van der Waals surface area contributed by atoms with Gasteiger partial charge in [-0.25, -0.2) is 4.39 Å². The van der Waals surface area contributed by atoms with E-state index >= 15 is 0 Å². The topological polar surface area (TPSA) is 63.7 Å². The van der Waals surface area contributed by atoms with Crippen LogP contribution in [-0.4, -0.2) is 55.7 Å². The number of ether oxygens (including phenoxy) is 2. The van der Waals surface area contributed by atoms with Crippen LogP contribution < -0.4 is 10.1 Å². The van der Waals surface area contributed by atoms with E-state index in [0.717, 1.165) is 24.4 Å². The predicted octanol–water partition coefficient (Wildman–Crippen LogP) is 3.49. The summed E-state index contributed by atoms with van der Waals surface area (Å²) >= 11 is 0. The van der Waals surface area contributed by atoms with Gasteiger partial charge in [0.05, 0.1) is 37.4 Å². The van der Waals surface area contributed by atoms with Crippen LogP contribution in [0.1, 0.15) is 27.7 Å². The first-order valence-corrected chi connectivity index (χ1v) is 10.4. The summed E-state index contributed by atoms with van der Waals surface area (Å²) in [5.41, 5.74) is 2.74. The fourth-order valence-corrected chi connectivity index (χ4v) is 3.98. The molecule has 1 aliphatic heterocycles. The molecule has 162 valence electrons. The van der Waals surface area contributed by atoms with Crippen molar-refractivity contribution in [3.8, 4) is 5.75 Å². The molecule has 1 amide bonds. The summed E-state index contributed by atoms with van der Waals surface area (Å²) in [6.07, 6.45) is 0. The smallest absolute Gasteiger partial charge is 0.252 e. The SMILES string of the molecule is COc1ccc(C(CNC(=O)c2cc(C)nc3cc(F)ccc23)N2CCOCC2)cc1. The van der Waals surface area contributed by atoms with Gasteiger partial charge in [0.2, 0.25) is 0 Å². The Bertz CT molecular complexity index is 1060. The van der Waals surface area contributed by atoms with Crippen LogP contribution in [-0.2, 0) is 4.74 Å². The Balaban J connectivity index is 1.58. The number of morpholine rings is 1.